The van der Waals surface area contributed by atoms with Gasteiger partial charge in [-0.2, -0.15) is 8.78 Å². The first kappa shape index (κ1) is 12.6. The quantitative estimate of drug-likeness (QED) is 0.696. The summed E-state index contributed by atoms with van der Waals surface area (Å²) in [6, 6.07) is 0. The van der Waals surface area contributed by atoms with Crippen LogP contribution in [0, 0.1) is 0 Å². The van der Waals surface area contributed by atoms with Crippen molar-refractivity contribution in [2.75, 3.05) is 6.61 Å². The molecule has 0 radical (unpaired) electrons. The van der Waals surface area contributed by atoms with Crippen molar-refractivity contribution in [3.63, 3.8) is 0 Å². The molecule has 15 heavy (non-hydrogen) atoms. The van der Waals surface area contributed by atoms with E-state index in [4.69, 9.17) is 0 Å². The Kier molecular flexibility index (Phi) is 3.55. The van der Waals surface area contributed by atoms with Gasteiger partial charge in [-0.25, -0.2) is 13.2 Å². The molecule has 1 aliphatic rings. The predicted octanol–water partition coefficient (Wildman–Crippen LogP) is 2.73. The Morgan fingerprint density at radius 3 is 2.33 bits per heavy atom. The van der Waals surface area contributed by atoms with Gasteiger partial charge in [-0.3, -0.25) is 4.74 Å². The number of rotatable bonds is 4. The zero-order chi connectivity index (χ0) is 11.7. The van der Waals surface area contributed by atoms with Crippen LogP contribution in [0.2, 0.25) is 0 Å². The van der Waals surface area contributed by atoms with Crippen molar-refractivity contribution in [1.29, 1.82) is 0 Å². The van der Waals surface area contributed by atoms with Gasteiger partial charge in [0, 0.05) is 13.5 Å². The lowest BCUT2D eigenvalue weighted by atomic mass is 10.2. The standard InChI is InChI=1S/C8H11F5O2/c1-7(10,11)6(9)15-8(12,13)5-3-2-4-14-5/h5-6H,2-4H2,1H3. The molecule has 2 atom stereocenters. The van der Waals surface area contributed by atoms with Gasteiger partial charge in [0.25, 0.3) is 12.3 Å². The lowest BCUT2D eigenvalue weighted by Gasteiger charge is -2.26. The fourth-order valence-corrected chi connectivity index (χ4v) is 1.16. The van der Waals surface area contributed by atoms with Crippen molar-refractivity contribution in [2.45, 2.75) is 44.3 Å². The Morgan fingerprint density at radius 1 is 1.33 bits per heavy atom. The molecule has 1 rings (SSSR count). The molecule has 1 saturated heterocycles. The fraction of sp³-hybridized carbons (Fsp3) is 1.00. The van der Waals surface area contributed by atoms with E-state index in [0.29, 0.717) is 6.42 Å². The van der Waals surface area contributed by atoms with Crippen LogP contribution in [0.5, 0.6) is 0 Å². The second-order valence-corrected chi connectivity index (χ2v) is 3.45. The molecule has 1 heterocycles. The first-order valence-corrected chi connectivity index (χ1v) is 4.42. The average molecular weight is 234 g/mol. The Hall–Kier alpha value is -0.430. The van der Waals surface area contributed by atoms with Crippen molar-refractivity contribution in [2.24, 2.45) is 0 Å². The van der Waals surface area contributed by atoms with Crippen LogP contribution >= 0.6 is 0 Å². The van der Waals surface area contributed by atoms with E-state index in [-0.39, 0.29) is 20.0 Å². The second kappa shape index (κ2) is 4.21. The third-order valence-corrected chi connectivity index (χ3v) is 1.96. The summed E-state index contributed by atoms with van der Waals surface area (Å²) in [5.74, 6) is -3.96. The topological polar surface area (TPSA) is 18.5 Å². The average Bonchev–Trinajstić information content (AvgIpc) is 2.52. The normalized spacial score (nSPS) is 25.6. The van der Waals surface area contributed by atoms with Crippen LogP contribution in [0.4, 0.5) is 22.0 Å². The van der Waals surface area contributed by atoms with Crippen molar-refractivity contribution in [3.8, 4) is 0 Å². The Bertz CT molecular complexity index is 210. The lowest BCUT2D eigenvalue weighted by molar-refractivity contribution is -0.356. The smallest absolute Gasteiger partial charge is 0.369 e. The number of hydrogen-bond acceptors (Lipinski definition) is 2. The van der Waals surface area contributed by atoms with Gasteiger partial charge in [0.05, 0.1) is 0 Å². The highest BCUT2D eigenvalue weighted by Crippen LogP contribution is 2.34. The summed E-state index contributed by atoms with van der Waals surface area (Å²) in [4.78, 5) is 0. The molecule has 1 fully saturated rings. The molecule has 7 heteroatoms. The monoisotopic (exact) mass is 234 g/mol. The van der Waals surface area contributed by atoms with Crippen LogP contribution in [-0.2, 0) is 9.47 Å². The third kappa shape index (κ3) is 3.27. The number of alkyl halides is 5. The minimum Gasteiger partial charge on any atom is -0.369 e. The molecule has 0 bridgehead atoms. The maximum absolute atomic E-state index is 13.0. The van der Waals surface area contributed by atoms with Crippen LogP contribution < -0.4 is 0 Å². The summed E-state index contributed by atoms with van der Waals surface area (Å²) >= 11 is 0. The molecular weight excluding hydrogens is 223 g/mol. The highest BCUT2D eigenvalue weighted by atomic mass is 19.3. The molecule has 0 N–H and O–H groups in total. The third-order valence-electron chi connectivity index (χ3n) is 1.96. The molecule has 90 valence electrons. The van der Waals surface area contributed by atoms with Crippen molar-refractivity contribution >= 4 is 0 Å². The molecule has 2 nitrogen and oxygen atoms in total. The van der Waals surface area contributed by atoms with E-state index < -0.39 is 24.5 Å². The first-order chi connectivity index (χ1) is 6.73. The molecular formula is C8H11F5O2. The molecule has 0 amide bonds. The minimum atomic E-state index is -4.02. The van der Waals surface area contributed by atoms with E-state index in [1.54, 1.807) is 0 Å². The van der Waals surface area contributed by atoms with Gasteiger partial charge in [-0.1, -0.05) is 0 Å². The van der Waals surface area contributed by atoms with Gasteiger partial charge in [0.15, 0.2) is 0 Å². The van der Waals surface area contributed by atoms with Gasteiger partial charge in [-0.05, 0) is 12.8 Å². The van der Waals surface area contributed by atoms with Crippen LogP contribution in [0.15, 0.2) is 0 Å². The maximum atomic E-state index is 13.0. The Morgan fingerprint density at radius 2 is 1.93 bits per heavy atom. The number of halogens is 5. The highest BCUT2D eigenvalue weighted by molar-refractivity contribution is 4.76. The highest BCUT2D eigenvalue weighted by Gasteiger charge is 2.50. The van der Waals surface area contributed by atoms with Crippen molar-refractivity contribution in [3.05, 3.63) is 0 Å². The van der Waals surface area contributed by atoms with Crippen LogP contribution in [-0.4, -0.2) is 31.1 Å². The predicted molar refractivity (Wildman–Crippen MR) is 40.5 cm³/mol. The van der Waals surface area contributed by atoms with E-state index >= 15 is 0 Å². The van der Waals surface area contributed by atoms with E-state index in [2.05, 4.69) is 9.47 Å². The van der Waals surface area contributed by atoms with Crippen LogP contribution in [0.1, 0.15) is 19.8 Å². The molecule has 0 aromatic heterocycles. The van der Waals surface area contributed by atoms with E-state index in [9.17, 15) is 22.0 Å². The summed E-state index contributed by atoms with van der Waals surface area (Å²) in [6.45, 7) is 0.270. The SMILES string of the molecule is CC(F)(F)C(F)OC(F)(F)C1CCCO1. The lowest BCUT2D eigenvalue weighted by Crippen LogP contribution is -2.42. The summed E-state index contributed by atoms with van der Waals surface area (Å²) < 4.78 is 71.0. The van der Waals surface area contributed by atoms with Gasteiger partial charge in [-0.15, -0.1) is 0 Å². The second-order valence-electron chi connectivity index (χ2n) is 3.45. The van der Waals surface area contributed by atoms with Crippen molar-refractivity contribution in [1.82, 2.24) is 0 Å². The molecule has 0 aliphatic carbocycles. The summed E-state index contributed by atoms with van der Waals surface area (Å²) in [5, 5.41) is 0. The molecule has 2 unspecified atom stereocenters. The zero-order valence-corrected chi connectivity index (χ0v) is 7.98. The summed E-state index contributed by atoms with van der Waals surface area (Å²) in [7, 11) is 0. The largest absolute Gasteiger partial charge is 0.384 e. The van der Waals surface area contributed by atoms with Crippen LogP contribution in [0.3, 0.4) is 0 Å². The fourth-order valence-electron chi connectivity index (χ4n) is 1.16. The Labute approximate surface area is 83.3 Å². The number of hydrogen-bond donors (Lipinski definition) is 0. The molecule has 0 spiro atoms. The zero-order valence-electron chi connectivity index (χ0n) is 7.98. The van der Waals surface area contributed by atoms with Crippen molar-refractivity contribution < 1.29 is 31.4 Å². The van der Waals surface area contributed by atoms with Crippen LogP contribution in [0.25, 0.3) is 0 Å². The first-order valence-electron chi connectivity index (χ1n) is 4.42. The van der Waals surface area contributed by atoms with Gasteiger partial charge >= 0.3 is 6.11 Å². The van der Waals surface area contributed by atoms with Gasteiger partial charge in [0.2, 0.25) is 0 Å². The van der Waals surface area contributed by atoms with Gasteiger partial charge in [0.1, 0.15) is 6.10 Å². The molecule has 1 aliphatic heterocycles. The Balaban J connectivity index is 2.55. The number of ether oxygens (including phenoxy) is 2. The van der Waals surface area contributed by atoms with Gasteiger partial charge < -0.3 is 4.74 Å². The van der Waals surface area contributed by atoms with E-state index in [1.807, 2.05) is 0 Å². The van der Waals surface area contributed by atoms with E-state index in [1.165, 1.54) is 0 Å². The molecule has 0 aromatic rings. The summed E-state index contributed by atoms with van der Waals surface area (Å²) in [5.41, 5.74) is 0. The maximum Gasteiger partial charge on any atom is 0.384 e. The summed E-state index contributed by atoms with van der Waals surface area (Å²) in [6.07, 6.45) is -8.65. The molecule has 0 aromatic carbocycles. The molecule has 0 saturated carbocycles. The van der Waals surface area contributed by atoms with E-state index in [0.717, 1.165) is 0 Å². The minimum absolute atomic E-state index is 0.0327.